The number of nitrogens with zero attached hydrogens (tertiary/aromatic N) is 3. The zero-order valence-electron chi connectivity index (χ0n) is 16.5. The van der Waals surface area contributed by atoms with Crippen LogP contribution in [0, 0.1) is 10.1 Å². The topological polar surface area (TPSA) is 114 Å². The number of para-hydroxylation sites is 1. The molecule has 0 aliphatic carbocycles. The Morgan fingerprint density at radius 2 is 1.86 bits per heavy atom. The Hall–Kier alpha value is -2.98. The molecule has 0 aromatic heterocycles. The third-order valence-corrected chi connectivity index (χ3v) is 6.20. The molecular formula is C19H24N4O5S. The van der Waals surface area contributed by atoms with Crippen LogP contribution in [0.2, 0.25) is 0 Å². The van der Waals surface area contributed by atoms with Crippen LogP contribution in [0.3, 0.4) is 0 Å². The van der Waals surface area contributed by atoms with Gasteiger partial charge in [-0.3, -0.25) is 15.5 Å². The summed E-state index contributed by atoms with van der Waals surface area (Å²) in [6.07, 6.45) is 1.50. The third kappa shape index (κ3) is 5.30. The molecule has 10 heteroatoms. The van der Waals surface area contributed by atoms with Crippen molar-refractivity contribution in [1.82, 2.24) is 4.31 Å². The molecule has 9 nitrogen and oxygen atoms in total. The highest BCUT2D eigenvalue weighted by atomic mass is 32.2. The first kappa shape index (κ1) is 22.3. The van der Waals surface area contributed by atoms with Crippen molar-refractivity contribution < 1.29 is 18.1 Å². The summed E-state index contributed by atoms with van der Waals surface area (Å²) in [5.74, 6) is 0.639. The van der Waals surface area contributed by atoms with Gasteiger partial charge in [0.05, 0.1) is 23.4 Å². The minimum Gasteiger partial charge on any atom is -0.493 e. The predicted molar refractivity (Wildman–Crippen MR) is 112 cm³/mol. The molecule has 2 aromatic rings. The van der Waals surface area contributed by atoms with Crippen LogP contribution < -0.4 is 10.2 Å². The number of nitrogens with one attached hydrogen (secondary N) is 1. The van der Waals surface area contributed by atoms with E-state index in [1.165, 1.54) is 22.7 Å². The molecule has 0 spiro atoms. The van der Waals surface area contributed by atoms with Gasteiger partial charge in [-0.1, -0.05) is 26.0 Å². The van der Waals surface area contributed by atoms with Gasteiger partial charge in [0.15, 0.2) is 0 Å². The highest BCUT2D eigenvalue weighted by Gasteiger charge is 2.27. The molecule has 29 heavy (non-hydrogen) atoms. The van der Waals surface area contributed by atoms with E-state index in [0.717, 1.165) is 6.07 Å². The minimum absolute atomic E-state index is 0.146. The van der Waals surface area contributed by atoms with Gasteiger partial charge in [0.1, 0.15) is 10.6 Å². The molecule has 0 bridgehead atoms. The molecule has 1 N–H and O–H groups in total. The van der Waals surface area contributed by atoms with Gasteiger partial charge in [0.2, 0.25) is 10.0 Å². The van der Waals surface area contributed by atoms with Gasteiger partial charge in [-0.05, 0) is 25.1 Å². The zero-order chi connectivity index (χ0) is 21.4. The molecule has 0 saturated carbocycles. The van der Waals surface area contributed by atoms with Gasteiger partial charge in [0, 0.05) is 30.8 Å². The summed E-state index contributed by atoms with van der Waals surface area (Å²) < 4.78 is 32.7. The Balaban J connectivity index is 2.42. The molecule has 0 radical (unpaired) electrons. The normalized spacial score (nSPS) is 11.7. The van der Waals surface area contributed by atoms with Crippen LogP contribution in [0.25, 0.3) is 0 Å². The Bertz CT molecular complexity index is 988. The summed E-state index contributed by atoms with van der Waals surface area (Å²) in [6, 6.07) is 10.9. The number of hydrogen-bond acceptors (Lipinski definition) is 7. The van der Waals surface area contributed by atoms with Gasteiger partial charge in [-0.2, -0.15) is 9.41 Å². The van der Waals surface area contributed by atoms with Crippen LogP contribution in [-0.4, -0.2) is 43.6 Å². The van der Waals surface area contributed by atoms with Crippen LogP contribution in [0.5, 0.6) is 5.75 Å². The monoisotopic (exact) mass is 420 g/mol. The van der Waals surface area contributed by atoms with Crippen LogP contribution >= 0.6 is 0 Å². The number of benzene rings is 2. The molecule has 2 aromatic carbocycles. The van der Waals surface area contributed by atoms with Gasteiger partial charge in [-0.25, -0.2) is 8.42 Å². The average molecular weight is 420 g/mol. The number of sulfonamides is 1. The lowest BCUT2D eigenvalue weighted by Gasteiger charge is -2.20. The van der Waals surface area contributed by atoms with E-state index in [9.17, 15) is 18.5 Å². The standard InChI is InChI=1S/C19H24N4O5S/c1-4-22(5-2)29(26,27)19-13-16(23(24)25)11-12-17(19)21-20-14-15-9-7-8-10-18(15)28-6-3/h7-14,21H,4-6H2,1-3H3/b20-14-. The lowest BCUT2D eigenvalue weighted by Crippen LogP contribution is -2.31. The number of non-ortho nitro benzene ring substituents is 1. The summed E-state index contributed by atoms with van der Waals surface area (Å²) in [4.78, 5) is 10.3. The maximum Gasteiger partial charge on any atom is 0.270 e. The van der Waals surface area contributed by atoms with E-state index in [0.29, 0.717) is 17.9 Å². The summed E-state index contributed by atoms with van der Waals surface area (Å²) in [5.41, 5.74) is 3.23. The molecule has 0 atom stereocenters. The SMILES string of the molecule is CCOc1ccccc1/C=N\Nc1ccc([N+](=O)[O-])cc1S(=O)(=O)N(CC)CC. The molecule has 156 valence electrons. The Morgan fingerprint density at radius 1 is 1.17 bits per heavy atom. The van der Waals surface area contributed by atoms with Crippen LogP contribution in [0.4, 0.5) is 11.4 Å². The molecule has 0 amide bonds. The predicted octanol–water partition coefficient (Wildman–Crippen LogP) is 3.47. The van der Waals surface area contributed by atoms with E-state index in [2.05, 4.69) is 10.5 Å². The van der Waals surface area contributed by atoms with Crippen molar-refractivity contribution in [1.29, 1.82) is 0 Å². The second-order valence-electron chi connectivity index (χ2n) is 5.87. The number of rotatable bonds is 10. The molecule has 0 saturated heterocycles. The van der Waals surface area contributed by atoms with E-state index < -0.39 is 14.9 Å². The van der Waals surface area contributed by atoms with Crippen LogP contribution in [0.1, 0.15) is 26.3 Å². The van der Waals surface area contributed by atoms with E-state index in [1.807, 2.05) is 19.1 Å². The van der Waals surface area contributed by atoms with Gasteiger partial charge in [-0.15, -0.1) is 0 Å². The molecule has 0 heterocycles. The average Bonchev–Trinajstić information content (AvgIpc) is 2.70. The first-order valence-electron chi connectivity index (χ1n) is 9.14. The quantitative estimate of drug-likeness (QED) is 0.358. The van der Waals surface area contributed by atoms with Crippen molar-refractivity contribution in [3.8, 4) is 5.75 Å². The van der Waals surface area contributed by atoms with Crippen LogP contribution in [-0.2, 0) is 10.0 Å². The summed E-state index contributed by atoms with van der Waals surface area (Å²) in [6.45, 7) is 6.25. The largest absolute Gasteiger partial charge is 0.493 e. The maximum absolute atomic E-state index is 13.0. The number of anilines is 1. The summed E-state index contributed by atoms with van der Waals surface area (Å²) in [7, 11) is -3.93. The Labute approximate surface area is 170 Å². The summed E-state index contributed by atoms with van der Waals surface area (Å²) in [5, 5.41) is 15.2. The lowest BCUT2D eigenvalue weighted by atomic mass is 10.2. The molecule has 0 aliphatic heterocycles. The second kappa shape index (κ2) is 9.99. The number of nitro groups is 1. The fourth-order valence-electron chi connectivity index (χ4n) is 2.68. The van der Waals surface area contributed by atoms with Crippen molar-refractivity contribution >= 4 is 27.6 Å². The van der Waals surface area contributed by atoms with E-state index in [4.69, 9.17) is 4.74 Å². The van der Waals surface area contributed by atoms with Crippen molar-refractivity contribution in [2.45, 2.75) is 25.7 Å². The summed E-state index contributed by atoms with van der Waals surface area (Å²) >= 11 is 0. The van der Waals surface area contributed by atoms with Crippen molar-refractivity contribution in [2.75, 3.05) is 25.1 Å². The highest BCUT2D eigenvalue weighted by Crippen LogP contribution is 2.29. The highest BCUT2D eigenvalue weighted by molar-refractivity contribution is 7.89. The Morgan fingerprint density at radius 3 is 2.48 bits per heavy atom. The molecular weight excluding hydrogens is 396 g/mol. The molecule has 0 fully saturated rings. The Kier molecular flexibility index (Phi) is 7.68. The van der Waals surface area contributed by atoms with E-state index >= 15 is 0 Å². The fourth-order valence-corrected chi connectivity index (χ4v) is 4.30. The first-order chi connectivity index (χ1) is 13.8. The fraction of sp³-hybridized carbons (Fsp3) is 0.316. The van der Waals surface area contributed by atoms with E-state index in [1.54, 1.807) is 26.0 Å². The molecule has 0 aliphatic rings. The van der Waals surface area contributed by atoms with Crippen molar-refractivity contribution in [3.05, 3.63) is 58.1 Å². The lowest BCUT2D eigenvalue weighted by molar-refractivity contribution is -0.385. The molecule has 2 rings (SSSR count). The second-order valence-corrected chi connectivity index (χ2v) is 7.77. The smallest absolute Gasteiger partial charge is 0.270 e. The van der Waals surface area contributed by atoms with Gasteiger partial charge < -0.3 is 4.74 Å². The number of nitro benzene ring substituents is 1. The van der Waals surface area contributed by atoms with Crippen molar-refractivity contribution in [2.24, 2.45) is 5.10 Å². The van der Waals surface area contributed by atoms with Crippen molar-refractivity contribution in [3.63, 3.8) is 0 Å². The maximum atomic E-state index is 13.0. The number of hydrogen-bond donors (Lipinski definition) is 1. The molecule has 0 unspecified atom stereocenters. The third-order valence-electron chi connectivity index (χ3n) is 4.11. The minimum atomic E-state index is -3.93. The number of ether oxygens (including phenoxy) is 1. The zero-order valence-corrected chi connectivity index (χ0v) is 17.3. The van der Waals surface area contributed by atoms with Crippen LogP contribution in [0.15, 0.2) is 52.5 Å². The first-order valence-corrected chi connectivity index (χ1v) is 10.6. The van der Waals surface area contributed by atoms with Gasteiger partial charge in [0.25, 0.3) is 5.69 Å². The number of hydrazone groups is 1. The van der Waals surface area contributed by atoms with Gasteiger partial charge >= 0.3 is 0 Å². The van der Waals surface area contributed by atoms with E-state index in [-0.39, 0.29) is 29.4 Å².